The van der Waals surface area contributed by atoms with Crippen LogP contribution in [-0.2, 0) is 14.8 Å². The van der Waals surface area contributed by atoms with Crippen LogP contribution < -0.4 is 10.5 Å². The van der Waals surface area contributed by atoms with Gasteiger partial charge in [0.15, 0.2) is 9.90 Å². The van der Waals surface area contributed by atoms with Crippen LogP contribution in [0.5, 0.6) is 0 Å². The summed E-state index contributed by atoms with van der Waals surface area (Å²) in [4.78, 5) is 15.1. The molecule has 1 aromatic heterocycles. The van der Waals surface area contributed by atoms with Crippen molar-refractivity contribution in [3.63, 3.8) is 0 Å². The van der Waals surface area contributed by atoms with Gasteiger partial charge in [-0.1, -0.05) is 0 Å². The first-order valence-electron chi connectivity index (χ1n) is 4.99. The number of carbonyl (C=O) groups excluding carboxylic acids is 1. The van der Waals surface area contributed by atoms with E-state index >= 15 is 0 Å². The first-order chi connectivity index (χ1) is 8.23. The molecule has 0 aromatic carbocycles. The first-order valence-corrected chi connectivity index (χ1v) is 7.35. The van der Waals surface area contributed by atoms with Gasteiger partial charge in [0.2, 0.25) is 0 Å². The van der Waals surface area contributed by atoms with Crippen LogP contribution >= 0.6 is 23.7 Å². The average molecular weight is 330 g/mol. The van der Waals surface area contributed by atoms with E-state index in [1.54, 1.807) is 13.8 Å². The fraction of sp³-hybridized carbons (Fsp3) is 0.556. The van der Waals surface area contributed by atoms with E-state index in [-0.39, 0.29) is 28.9 Å². The van der Waals surface area contributed by atoms with Crippen LogP contribution in [0.3, 0.4) is 0 Å². The molecule has 0 spiro atoms. The van der Waals surface area contributed by atoms with Gasteiger partial charge in [0.05, 0.1) is 12.6 Å². The molecular formula is C9H16ClN3O4S2. The number of sulfonamides is 1. The Balaban J connectivity index is 0.00000324. The van der Waals surface area contributed by atoms with Gasteiger partial charge in [-0.3, -0.25) is 0 Å². The van der Waals surface area contributed by atoms with Gasteiger partial charge in [0, 0.05) is 12.1 Å². The highest BCUT2D eigenvalue weighted by Gasteiger charge is 2.31. The maximum atomic E-state index is 12.1. The van der Waals surface area contributed by atoms with Gasteiger partial charge < -0.3 is 10.5 Å². The van der Waals surface area contributed by atoms with E-state index in [0.717, 1.165) is 18.4 Å². The molecule has 1 heterocycles. The van der Waals surface area contributed by atoms with Crippen molar-refractivity contribution in [1.82, 2.24) is 9.71 Å². The third-order valence-corrected chi connectivity index (χ3v) is 5.15. The number of thiazole rings is 1. The number of nitrogens with one attached hydrogen (secondary N) is 1. The summed E-state index contributed by atoms with van der Waals surface area (Å²) in [6.45, 7) is 3.41. The molecule has 0 saturated heterocycles. The lowest BCUT2D eigenvalue weighted by Crippen LogP contribution is -2.48. The quantitative estimate of drug-likeness (QED) is 0.755. The maximum Gasteiger partial charge on any atom is 0.358 e. The van der Waals surface area contributed by atoms with Gasteiger partial charge in [-0.15, -0.1) is 23.7 Å². The zero-order valence-electron chi connectivity index (χ0n) is 10.7. The number of methoxy groups -OCH3 is 1. The lowest BCUT2D eigenvalue weighted by atomic mass is 10.1. The molecule has 1 aromatic rings. The van der Waals surface area contributed by atoms with Crippen LogP contribution in [-0.4, -0.2) is 38.6 Å². The number of esters is 1. The smallest absolute Gasteiger partial charge is 0.358 e. The van der Waals surface area contributed by atoms with Gasteiger partial charge in [0.25, 0.3) is 10.0 Å². The van der Waals surface area contributed by atoms with Crippen molar-refractivity contribution in [2.24, 2.45) is 5.73 Å². The van der Waals surface area contributed by atoms with Gasteiger partial charge in [0.1, 0.15) is 0 Å². The van der Waals surface area contributed by atoms with Crippen LogP contribution in [0.15, 0.2) is 9.72 Å². The molecule has 0 atom stereocenters. The molecule has 0 fully saturated rings. The van der Waals surface area contributed by atoms with Gasteiger partial charge in [-0.2, -0.15) is 0 Å². The highest BCUT2D eigenvalue weighted by molar-refractivity contribution is 7.91. The summed E-state index contributed by atoms with van der Waals surface area (Å²) in [5.41, 5.74) is 5.71. The number of hydrogen-bond donors (Lipinski definition) is 2. The number of carbonyl (C=O) groups is 1. The fourth-order valence-corrected chi connectivity index (χ4v) is 3.67. The summed E-state index contributed by atoms with van der Waals surface area (Å²) in [6, 6.07) is 0. The van der Waals surface area contributed by atoms with Crippen LogP contribution in [0.2, 0.25) is 0 Å². The summed E-state index contributed by atoms with van der Waals surface area (Å²) < 4.78 is 30.9. The Kier molecular flexibility index (Phi) is 6.36. The van der Waals surface area contributed by atoms with Crippen LogP contribution in [0.4, 0.5) is 0 Å². The van der Waals surface area contributed by atoms with Crippen molar-refractivity contribution in [1.29, 1.82) is 0 Å². The number of halogens is 1. The molecule has 19 heavy (non-hydrogen) atoms. The van der Waals surface area contributed by atoms with Crippen LogP contribution in [0.25, 0.3) is 0 Å². The topological polar surface area (TPSA) is 111 Å². The highest BCUT2D eigenvalue weighted by atomic mass is 35.5. The number of ether oxygens (including phenoxy) is 1. The molecule has 0 aliphatic carbocycles. The van der Waals surface area contributed by atoms with E-state index in [0.29, 0.717) is 0 Å². The van der Waals surface area contributed by atoms with E-state index in [4.69, 9.17) is 5.73 Å². The Hall–Kier alpha value is -0.740. The summed E-state index contributed by atoms with van der Waals surface area (Å²) in [7, 11) is -2.69. The van der Waals surface area contributed by atoms with E-state index in [9.17, 15) is 13.2 Å². The Labute approximate surface area is 122 Å². The van der Waals surface area contributed by atoms with Gasteiger partial charge in [-0.25, -0.2) is 22.9 Å². The molecule has 1 rings (SSSR count). The molecule has 0 aliphatic rings. The van der Waals surface area contributed by atoms with E-state index < -0.39 is 21.5 Å². The zero-order valence-corrected chi connectivity index (χ0v) is 13.1. The molecule has 0 aliphatic heterocycles. The summed E-state index contributed by atoms with van der Waals surface area (Å²) >= 11 is 0.848. The number of aromatic nitrogens is 1. The number of nitrogens with zero attached hydrogens (tertiary/aromatic N) is 1. The second-order valence-electron chi connectivity index (χ2n) is 4.17. The molecule has 0 amide bonds. The lowest BCUT2D eigenvalue weighted by molar-refractivity contribution is 0.0590. The Morgan fingerprint density at radius 2 is 2.16 bits per heavy atom. The molecule has 7 nitrogen and oxygen atoms in total. The average Bonchev–Trinajstić information content (AvgIpc) is 2.76. The van der Waals surface area contributed by atoms with Gasteiger partial charge in [-0.05, 0) is 13.8 Å². The van der Waals surface area contributed by atoms with E-state index in [2.05, 4.69) is 14.4 Å². The number of nitrogens with two attached hydrogens (primary N) is 1. The second-order valence-corrected chi connectivity index (χ2v) is 6.91. The van der Waals surface area contributed by atoms with E-state index in [1.807, 2.05) is 0 Å². The van der Waals surface area contributed by atoms with Crippen molar-refractivity contribution < 1.29 is 17.9 Å². The summed E-state index contributed by atoms with van der Waals surface area (Å²) in [6.07, 6.45) is 0. The number of hydrogen-bond acceptors (Lipinski definition) is 7. The van der Waals surface area contributed by atoms with Crippen molar-refractivity contribution in [2.45, 2.75) is 23.6 Å². The Bertz CT molecular complexity index is 541. The van der Waals surface area contributed by atoms with Gasteiger partial charge >= 0.3 is 5.97 Å². The van der Waals surface area contributed by atoms with Crippen molar-refractivity contribution in [3.05, 3.63) is 11.2 Å². The minimum Gasteiger partial charge on any atom is -0.464 e. The third-order valence-electron chi connectivity index (χ3n) is 2.08. The van der Waals surface area contributed by atoms with Crippen molar-refractivity contribution in [2.75, 3.05) is 13.7 Å². The predicted octanol–water partition coefficient (Wildman–Crippen LogP) is 0.367. The van der Waals surface area contributed by atoms with Crippen LogP contribution in [0, 0.1) is 0 Å². The second kappa shape index (κ2) is 6.62. The predicted molar refractivity (Wildman–Crippen MR) is 74.2 cm³/mol. The minimum absolute atomic E-state index is 0. The molecule has 3 N–H and O–H groups in total. The zero-order chi connectivity index (χ0) is 14.0. The first kappa shape index (κ1) is 18.3. The standard InChI is InChI=1S/C9H15N3O4S2.ClH/c1-9(2,4-10)12-18(14,15)8-6(7(13)16-3)11-5-17-8;/h5,12H,4,10H2,1-3H3;1H. The molecular weight excluding hydrogens is 314 g/mol. The SMILES string of the molecule is COC(=O)c1ncsc1S(=O)(=O)NC(C)(C)CN.Cl. The fourth-order valence-electron chi connectivity index (χ4n) is 1.11. The monoisotopic (exact) mass is 329 g/mol. The highest BCUT2D eigenvalue weighted by Crippen LogP contribution is 2.22. The molecule has 0 radical (unpaired) electrons. The number of rotatable bonds is 5. The van der Waals surface area contributed by atoms with E-state index in [1.165, 1.54) is 5.51 Å². The summed E-state index contributed by atoms with van der Waals surface area (Å²) in [5, 5.41) is 0. The molecule has 110 valence electrons. The van der Waals surface area contributed by atoms with Crippen LogP contribution in [0.1, 0.15) is 24.3 Å². The summed E-state index contributed by atoms with van der Waals surface area (Å²) in [5.74, 6) is -0.790. The largest absolute Gasteiger partial charge is 0.464 e. The van der Waals surface area contributed by atoms with Crippen molar-refractivity contribution in [3.8, 4) is 0 Å². The normalized spacial score (nSPS) is 11.8. The van der Waals surface area contributed by atoms with Crippen molar-refractivity contribution >= 4 is 39.7 Å². The lowest BCUT2D eigenvalue weighted by Gasteiger charge is -2.23. The molecule has 10 heteroatoms. The molecule has 0 bridgehead atoms. The molecule has 0 saturated carbocycles. The maximum absolute atomic E-state index is 12.1. The molecule has 0 unspecified atom stereocenters. The Morgan fingerprint density at radius 1 is 1.58 bits per heavy atom. The Morgan fingerprint density at radius 3 is 2.63 bits per heavy atom. The third kappa shape index (κ3) is 4.39. The minimum atomic E-state index is -3.85.